The van der Waals surface area contributed by atoms with Crippen molar-refractivity contribution in [3.8, 4) is 0 Å². The zero-order valence-corrected chi connectivity index (χ0v) is 13.7. The van der Waals surface area contributed by atoms with E-state index in [0.717, 1.165) is 19.5 Å². The lowest BCUT2D eigenvalue weighted by Crippen LogP contribution is -2.41. The summed E-state index contributed by atoms with van der Waals surface area (Å²) in [4.78, 5) is 22.6. The van der Waals surface area contributed by atoms with E-state index in [-0.39, 0.29) is 17.9 Å². The fraction of sp³-hybridized carbons (Fsp3) is 0.467. The molecule has 1 saturated heterocycles. The van der Waals surface area contributed by atoms with E-state index in [0.29, 0.717) is 11.3 Å². The van der Waals surface area contributed by atoms with Crippen LogP contribution in [0.25, 0.3) is 0 Å². The van der Waals surface area contributed by atoms with Crippen molar-refractivity contribution in [1.82, 2.24) is 10.2 Å². The first-order valence-electron chi connectivity index (χ1n) is 7.33. The highest BCUT2D eigenvalue weighted by molar-refractivity contribution is 5.90. The number of carbonyl (C=O) groups is 2. The second-order valence-corrected chi connectivity index (χ2v) is 5.40. The largest absolute Gasteiger partial charge is 0.490 e. The van der Waals surface area contributed by atoms with E-state index in [1.807, 2.05) is 0 Å². The average molecular weight is 365 g/mol. The van der Waals surface area contributed by atoms with Gasteiger partial charge in [-0.3, -0.25) is 0 Å². The van der Waals surface area contributed by atoms with Crippen LogP contribution in [0.1, 0.15) is 12.0 Å². The third-order valence-corrected chi connectivity index (χ3v) is 3.65. The third-order valence-electron chi connectivity index (χ3n) is 3.65. The zero-order valence-electron chi connectivity index (χ0n) is 13.7. The van der Waals surface area contributed by atoms with Crippen LogP contribution in [0, 0.1) is 12.7 Å². The van der Waals surface area contributed by atoms with Crippen LogP contribution >= 0.6 is 0 Å². The normalized spacial score (nSPS) is 16.6. The van der Waals surface area contributed by atoms with Crippen molar-refractivity contribution >= 4 is 17.7 Å². The number of likely N-dealkylation sites (N-methyl/N-ethyl adjacent to an activating group) is 1. The number of carboxylic acids is 1. The molecule has 0 saturated carbocycles. The molecular formula is C15H19F4N3O3. The maximum Gasteiger partial charge on any atom is 0.490 e. The molecule has 140 valence electrons. The van der Waals surface area contributed by atoms with Crippen LogP contribution in [-0.2, 0) is 4.79 Å². The number of hydrogen-bond donors (Lipinski definition) is 3. The standard InChI is InChI=1S/C13H18FN3O.C2HF3O2/c1-9-11(14)4-3-5-12(9)16-13(18)17(2)10-6-7-15-8-10;3-2(4,5)1(6)7/h3-5,10,15H,6-8H2,1-2H3,(H,16,18);(H,6,7)/t10-;/m0./s1. The number of carboxylic acid groups (broad SMARTS) is 1. The summed E-state index contributed by atoms with van der Waals surface area (Å²) in [5.41, 5.74) is 0.988. The fourth-order valence-corrected chi connectivity index (χ4v) is 2.08. The van der Waals surface area contributed by atoms with E-state index < -0.39 is 12.1 Å². The van der Waals surface area contributed by atoms with Crippen molar-refractivity contribution in [3.05, 3.63) is 29.6 Å². The molecule has 0 radical (unpaired) electrons. The van der Waals surface area contributed by atoms with Gasteiger partial charge in [0.15, 0.2) is 0 Å². The zero-order chi connectivity index (χ0) is 19.2. The molecule has 1 aromatic rings. The summed E-state index contributed by atoms with van der Waals surface area (Å²) < 4.78 is 45.1. The fourth-order valence-electron chi connectivity index (χ4n) is 2.08. The lowest BCUT2D eigenvalue weighted by Gasteiger charge is -2.24. The van der Waals surface area contributed by atoms with Crippen molar-refractivity contribution in [3.63, 3.8) is 0 Å². The highest BCUT2D eigenvalue weighted by atomic mass is 19.4. The minimum atomic E-state index is -5.08. The van der Waals surface area contributed by atoms with Crippen LogP contribution in [0.2, 0.25) is 0 Å². The van der Waals surface area contributed by atoms with Crippen molar-refractivity contribution in [2.75, 3.05) is 25.5 Å². The Morgan fingerprint density at radius 2 is 1.96 bits per heavy atom. The average Bonchev–Trinajstić information content (AvgIpc) is 3.05. The Balaban J connectivity index is 0.000000381. The van der Waals surface area contributed by atoms with Crippen molar-refractivity contribution in [2.45, 2.75) is 25.6 Å². The number of alkyl halides is 3. The number of nitrogens with one attached hydrogen (secondary N) is 2. The number of hydrogen-bond acceptors (Lipinski definition) is 3. The smallest absolute Gasteiger partial charge is 0.475 e. The predicted octanol–water partition coefficient (Wildman–Crippen LogP) is 2.59. The second kappa shape index (κ2) is 8.65. The maximum atomic E-state index is 13.4. The molecular weight excluding hydrogens is 346 g/mol. The van der Waals surface area contributed by atoms with Crippen LogP contribution in [0.4, 0.5) is 28.0 Å². The first kappa shape index (κ1) is 20.7. The molecule has 0 bridgehead atoms. The molecule has 1 atom stereocenters. The monoisotopic (exact) mass is 365 g/mol. The van der Waals surface area contributed by atoms with Gasteiger partial charge in [-0.2, -0.15) is 13.2 Å². The van der Waals surface area contributed by atoms with Gasteiger partial charge in [-0.15, -0.1) is 0 Å². The summed E-state index contributed by atoms with van der Waals surface area (Å²) >= 11 is 0. The van der Waals surface area contributed by atoms with Gasteiger partial charge in [-0.05, 0) is 32.0 Å². The molecule has 0 aromatic heterocycles. The van der Waals surface area contributed by atoms with E-state index in [2.05, 4.69) is 10.6 Å². The number of rotatable bonds is 2. The molecule has 1 aliphatic rings. The van der Waals surface area contributed by atoms with Crippen LogP contribution in [0.15, 0.2) is 18.2 Å². The molecule has 0 spiro atoms. The Morgan fingerprint density at radius 1 is 1.36 bits per heavy atom. The van der Waals surface area contributed by atoms with Gasteiger partial charge in [0, 0.05) is 30.9 Å². The minimum Gasteiger partial charge on any atom is -0.475 e. The van der Waals surface area contributed by atoms with E-state index in [1.165, 1.54) is 6.07 Å². The summed E-state index contributed by atoms with van der Waals surface area (Å²) in [5, 5.41) is 13.1. The number of urea groups is 1. The molecule has 10 heteroatoms. The number of carbonyl (C=O) groups excluding carboxylic acids is 1. The molecule has 25 heavy (non-hydrogen) atoms. The van der Waals surface area contributed by atoms with Gasteiger partial charge >= 0.3 is 18.2 Å². The minimum absolute atomic E-state index is 0.197. The molecule has 2 rings (SSSR count). The molecule has 1 aromatic carbocycles. The highest BCUT2D eigenvalue weighted by Crippen LogP contribution is 2.18. The predicted molar refractivity (Wildman–Crippen MR) is 82.9 cm³/mol. The van der Waals surface area contributed by atoms with E-state index in [9.17, 15) is 22.4 Å². The number of aliphatic carboxylic acids is 1. The molecule has 0 unspecified atom stereocenters. The van der Waals surface area contributed by atoms with Gasteiger partial charge in [-0.1, -0.05) is 6.07 Å². The Labute approximate surface area is 141 Å². The van der Waals surface area contributed by atoms with Gasteiger partial charge in [-0.25, -0.2) is 14.0 Å². The molecule has 6 nitrogen and oxygen atoms in total. The quantitative estimate of drug-likeness (QED) is 0.704. The van der Waals surface area contributed by atoms with Crippen molar-refractivity contribution in [2.24, 2.45) is 0 Å². The Kier molecular flexibility index (Phi) is 7.16. The van der Waals surface area contributed by atoms with Gasteiger partial charge in [0.1, 0.15) is 5.82 Å². The number of halogens is 4. The van der Waals surface area contributed by atoms with Gasteiger partial charge in [0.25, 0.3) is 0 Å². The van der Waals surface area contributed by atoms with Crippen LogP contribution in [0.5, 0.6) is 0 Å². The Bertz CT molecular complexity index is 617. The van der Waals surface area contributed by atoms with Crippen LogP contribution in [0.3, 0.4) is 0 Å². The van der Waals surface area contributed by atoms with Gasteiger partial charge in [0.2, 0.25) is 0 Å². The number of anilines is 1. The Morgan fingerprint density at radius 3 is 2.44 bits per heavy atom. The summed E-state index contributed by atoms with van der Waals surface area (Å²) in [6.45, 7) is 3.40. The molecule has 1 fully saturated rings. The van der Waals surface area contributed by atoms with E-state index >= 15 is 0 Å². The summed E-state index contributed by atoms with van der Waals surface area (Å²) in [5.74, 6) is -3.06. The number of benzene rings is 1. The third kappa shape index (κ3) is 6.22. The number of nitrogens with zero attached hydrogens (tertiary/aromatic N) is 1. The van der Waals surface area contributed by atoms with E-state index in [4.69, 9.17) is 9.90 Å². The van der Waals surface area contributed by atoms with E-state index in [1.54, 1.807) is 31.0 Å². The molecule has 2 amide bonds. The first-order chi connectivity index (χ1) is 11.5. The lowest BCUT2D eigenvalue weighted by atomic mass is 10.2. The number of amides is 2. The highest BCUT2D eigenvalue weighted by Gasteiger charge is 2.38. The van der Waals surface area contributed by atoms with Crippen LogP contribution in [-0.4, -0.2) is 54.4 Å². The lowest BCUT2D eigenvalue weighted by molar-refractivity contribution is -0.192. The molecule has 1 aliphatic heterocycles. The first-order valence-corrected chi connectivity index (χ1v) is 7.33. The maximum absolute atomic E-state index is 13.4. The molecule has 3 N–H and O–H groups in total. The molecule has 0 aliphatic carbocycles. The van der Waals surface area contributed by atoms with Crippen LogP contribution < -0.4 is 10.6 Å². The topological polar surface area (TPSA) is 81.7 Å². The molecule has 1 heterocycles. The Hall–Kier alpha value is -2.36. The van der Waals surface area contributed by atoms with Crippen molar-refractivity contribution < 1.29 is 32.3 Å². The summed E-state index contributed by atoms with van der Waals surface area (Å²) in [7, 11) is 1.77. The summed E-state index contributed by atoms with van der Waals surface area (Å²) in [6, 6.07) is 4.69. The SMILES string of the molecule is Cc1c(F)cccc1NC(=O)N(C)[C@H]1CCNC1.O=C(O)C(F)(F)F. The van der Waals surface area contributed by atoms with Gasteiger partial charge in [0.05, 0.1) is 0 Å². The summed E-state index contributed by atoms with van der Waals surface area (Å²) in [6.07, 6.45) is -4.13. The van der Waals surface area contributed by atoms with Gasteiger partial charge < -0.3 is 20.6 Å². The second-order valence-electron chi connectivity index (χ2n) is 5.40. The van der Waals surface area contributed by atoms with Crippen molar-refractivity contribution in [1.29, 1.82) is 0 Å².